The van der Waals surface area contributed by atoms with Gasteiger partial charge in [-0.05, 0) is 37.5 Å². The summed E-state index contributed by atoms with van der Waals surface area (Å²) in [4.78, 5) is 42.2. The van der Waals surface area contributed by atoms with Crippen LogP contribution in [0.1, 0.15) is 44.2 Å². The molecule has 1 atom stereocenters. The van der Waals surface area contributed by atoms with Crippen molar-refractivity contribution >= 4 is 17.8 Å². The molecule has 6 heteroatoms. The molecule has 0 radical (unpaired) electrons. The minimum absolute atomic E-state index is 0.363. The average molecular weight is 287 g/mol. The van der Waals surface area contributed by atoms with E-state index in [2.05, 4.69) is 10.3 Å². The summed E-state index contributed by atoms with van der Waals surface area (Å²) in [6, 6.07) is 2.48. The van der Waals surface area contributed by atoms with Crippen molar-refractivity contribution in [1.82, 2.24) is 15.2 Å². The number of amides is 4. The van der Waals surface area contributed by atoms with Gasteiger partial charge in [0.1, 0.15) is 5.41 Å². The van der Waals surface area contributed by atoms with E-state index >= 15 is 0 Å². The first-order valence-corrected chi connectivity index (χ1v) is 7.15. The van der Waals surface area contributed by atoms with Gasteiger partial charge in [0.15, 0.2) is 0 Å². The van der Waals surface area contributed by atoms with E-state index in [0.29, 0.717) is 12.8 Å². The van der Waals surface area contributed by atoms with Crippen molar-refractivity contribution in [3.8, 4) is 0 Å². The van der Waals surface area contributed by atoms with Gasteiger partial charge in [-0.1, -0.05) is 12.8 Å². The molecule has 110 valence electrons. The van der Waals surface area contributed by atoms with Gasteiger partial charge in [-0.3, -0.25) is 24.8 Å². The quantitative estimate of drug-likeness (QED) is 0.841. The first-order valence-electron chi connectivity index (χ1n) is 7.15. The third kappa shape index (κ3) is 2.02. The van der Waals surface area contributed by atoms with Crippen molar-refractivity contribution < 1.29 is 14.4 Å². The molecule has 2 heterocycles. The van der Waals surface area contributed by atoms with Gasteiger partial charge in [-0.15, -0.1) is 0 Å². The number of carbonyl (C=O) groups is 3. The molecule has 4 amide bonds. The van der Waals surface area contributed by atoms with E-state index in [1.165, 1.54) is 4.90 Å². The Kier molecular flexibility index (Phi) is 3.23. The van der Waals surface area contributed by atoms with Crippen LogP contribution in [-0.2, 0) is 9.59 Å². The van der Waals surface area contributed by atoms with E-state index < -0.39 is 23.4 Å². The average Bonchev–Trinajstić information content (AvgIpc) is 2.97. The number of carbonyl (C=O) groups excluding carboxylic acids is 3. The Balaban J connectivity index is 1.96. The number of hydrogen-bond acceptors (Lipinski definition) is 4. The fourth-order valence-electron chi connectivity index (χ4n) is 3.26. The van der Waals surface area contributed by atoms with Crippen LogP contribution in [0.5, 0.6) is 0 Å². The standard InChI is InChI=1S/C15H17N3O3/c1-10(11-4-8-16-9-5-11)18-13(20)15(6-2-3-7-15)12(19)17-14(18)21/h4-5,8-10H,2-3,6-7H2,1H3,(H,17,19,21). The molecule has 1 aliphatic heterocycles. The zero-order valence-electron chi connectivity index (χ0n) is 11.8. The molecule has 1 aliphatic carbocycles. The van der Waals surface area contributed by atoms with Crippen molar-refractivity contribution in [2.45, 2.75) is 38.6 Å². The molecule has 1 saturated heterocycles. The molecule has 1 aromatic heterocycles. The third-order valence-electron chi connectivity index (χ3n) is 4.54. The molecule has 21 heavy (non-hydrogen) atoms. The number of pyridine rings is 1. The van der Waals surface area contributed by atoms with Crippen LogP contribution in [0, 0.1) is 5.41 Å². The number of urea groups is 1. The topological polar surface area (TPSA) is 79.4 Å². The first-order chi connectivity index (χ1) is 10.1. The fourth-order valence-corrected chi connectivity index (χ4v) is 3.26. The number of rotatable bonds is 2. The van der Waals surface area contributed by atoms with Crippen molar-refractivity contribution in [2.24, 2.45) is 5.41 Å². The summed E-state index contributed by atoms with van der Waals surface area (Å²) < 4.78 is 0. The summed E-state index contributed by atoms with van der Waals surface area (Å²) in [6.07, 6.45) is 5.95. The van der Waals surface area contributed by atoms with E-state index in [1.807, 2.05) is 0 Å². The van der Waals surface area contributed by atoms with Gasteiger partial charge in [-0.2, -0.15) is 0 Å². The van der Waals surface area contributed by atoms with Crippen LogP contribution >= 0.6 is 0 Å². The molecule has 6 nitrogen and oxygen atoms in total. The summed E-state index contributed by atoms with van der Waals surface area (Å²) in [5.41, 5.74) is -0.231. The number of imide groups is 2. The minimum Gasteiger partial charge on any atom is -0.277 e. The van der Waals surface area contributed by atoms with Crippen LogP contribution in [0.4, 0.5) is 4.79 Å². The Hall–Kier alpha value is -2.24. The molecular weight excluding hydrogens is 270 g/mol. The summed E-state index contributed by atoms with van der Waals surface area (Å²) in [6.45, 7) is 1.78. The van der Waals surface area contributed by atoms with Crippen LogP contribution in [0.2, 0.25) is 0 Å². The molecule has 1 saturated carbocycles. The molecule has 1 unspecified atom stereocenters. The largest absolute Gasteiger partial charge is 0.331 e. The highest BCUT2D eigenvalue weighted by Gasteiger charge is 2.55. The Morgan fingerprint density at radius 3 is 2.43 bits per heavy atom. The number of hydrogen-bond donors (Lipinski definition) is 1. The molecule has 1 spiro atoms. The van der Waals surface area contributed by atoms with E-state index in [-0.39, 0.29) is 5.91 Å². The highest BCUT2D eigenvalue weighted by Crippen LogP contribution is 2.43. The van der Waals surface area contributed by atoms with Crippen LogP contribution in [0.15, 0.2) is 24.5 Å². The summed E-state index contributed by atoms with van der Waals surface area (Å²) in [5, 5.41) is 2.35. The number of nitrogens with zero attached hydrogens (tertiary/aromatic N) is 2. The Morgan fingerprint density at radius 1 is 1.19 bits per heavy atom. The van der Waals surface area contributed by atoms with Gasteiger partial charge in [0, 0.05) is 12.4 Å². The van der Waals surface area contributed by atoms with Crippen molar-refractivity contribution in [1.29, 1.82) is 0 Å². The number of aromatic nitrogens is 1. The zero-order valence-corrected chi connectivity index (χ0v) is 11.8. The summed E-state index contributed by atoms with van der Waals surface area (Å²) in [7, 11) is 0. The second kappa shape index (κ2) is 4.95. The number of barbiturate groups is 1. The predicted octanol–water partition coefficient (Wildman–Crippen LogP) is 1.78. The van der Waals surface area contributed by atoms with Crippen molar-refractivity contribution in [3.05, 3.63) is 30.1 Å². The maximum Gasteiger partial charge on any atom is 0.331 e. The second-order valence-corrected chi connectivity index (χ2v) is 5.68. The fraction of sp³-hybridized carbons (Fsp3) is 0.467. The maximum absolute atomic E-state index is 12.8. The lowest BCUT2D eigenvalue weighted by Crippen LogP contribution is -2.63. The maximum atomic E-state index is 12.8. The Bertz CT molecular complexity index is 593. The van der Waals surface area contributed by atoms with Gasteiger partial charge in [0.25, 0.3) is 0 Å². The van der Waals surface area contributed by atoms with Gasteiger partial charge in [0.05, 0.1) is 6.04 Å². The van der Waals surface area contributed by atoms with Gasteiger partial charge >= 0.3 is 6.03 Å². The van der Waals surface area contributed by atoms with E-state index in [4.69, 9.17) is 0 Å². The van der Waals surface area contributed by atoms with Crippen LogP contribution in [-0.4, -0.2) is 27.7 Å². The van der Waals surface area contributed by atoms with E-state index in [1.54, 1.807) is 31.5 Å². The zero-order chi connectivity index (χ0) is 15.0. The van der Waals surface area contributed by atoms with Crippen LogP contribution in [0.3, 0.4) is 0 Å². The Morgan fingerprint density at radius 2 is 1.81 bits per heavy atom. The lowest BCUT2D eigenvalue weighted by Gasteiger charge is -2.39. The third-order valence-corrected chi connectivity index (χ3v) is 4.54. The molecule has 1 aromatic rings. The van der Waals surface area contributed by atoms with Crippen LogP contribution < -0.4 is 5.32 Å². The SMILES string of the molecule is CC(c1ccncc1)N1C(=O)NC(=O)C2(CCCC2)C1=O. The van der Waals surface area contributed by atoms with Gasteiger partial charge < -0.3 is 0 Å². The molecule has 1 N–H and O–H groups in total. The number of nitrogens with one attached hydrogen (secondary N) is 1. The van der Waals surface area contributed by atoms with Crippen molar-refractivity contribution in [3.63, 3.8) is 0 Å². The lowest BCUT2D eigenvalue weighted by atomic mass is 9.81. The second-order valence-electron chi connectivity index (χ2n) is 5.68. The predicted molar refractivity (Wildman–Crippen MR) is 73.9 cm³/mol. The van der Waals surface area contributed by atoms with Gasteiger partial charge in [0.2, 0.25) is 11.8 Å². The summed E-state index contributed by atoms with van der Waals surface area (Å²) >= 11 is 0. The van der Waals surface area contributed by atoms with Crippen LogP contribution in [0.25, 0.3) is 0 Å². The van der Waals surface area contributed by atoms with Crippen molar-refractivity contribution in [2.75, 3.05) is 0 Å². The van der Waals surface area contributed by atoms with E-state index in [9.17, 15) is 14.4 Å². The minimum atomic E-state index is -1.05. The Labute approximate surface area is 122 Å². The monoisotopic (exact) mass is 287 g/mol. The normalized spacial score (nSPS) is 22.5. The van der Waals surface area contributed by atoms with Gasteiger partial charge in [-0.25, -0.2) is 4.79 Å². The smallest absolute Gasteiger partial charge is 0.277 e. The molecule has 0 aromatic carbocycles. The highest BCUT2D eigenvalue weighted by molar-refractivity contribution is 6.19. The molecule has 2 aliphatic rings. The first kappa shape index (κ1) is 13.7. The highest BCUT2D eigenvalue weighted by atomic mass is 16.2. The molecular formula is C15H17N3O3. The lowest BCUT2D eigenvalue weighted by molar-refractivity contribution is -0.152. The van der Waals surface area contributed by atoms with E-state index in [0.717, 1.165) is 18.4 Å². The summed E-state index contributed by atoms with van der Waals surface area (Å²) in [5.74, 6) is -0.800. The molecule has 2 fully saturated rings. The molecule has 3 rings (SSSR count). The molecule has 0 bridgehead atoms.